The van der Waals surface area contributed by atoms with Crippen molar-refractivity contribution in [3.63, 3.8) is 0 Å². The number of β-amino-alcohol motifs (C(OH)–C–C–N with tert-alkyl or cyclic N) is 1. The molecule has 2 aromatic carbocycles. The predicted octanol–water partition coefficient (Wildman–Crippen LogP) is 2.29. The van der Waals surface area contributed by atoms with E-state index in [9.17, 15) is 9.90 Å². The van der Waals surface area contributed by atoms with Gasteiger partial charge < -0.3 is 35.0 Å². The van der Waals surface area contributed by atoms with E-state index in [1.165, 1.54) is 0 Å². The Hall–Kier alpha value is -3.23. The molecule has 0 aliphatic carbocycles. The molecule has 0 aromatic heterocycles. The van der Waals surface area contributed by atoms with Crippen LogP contribution in [0.25, 0.3) is 11.4 Å². The highest BCUT2D eigenvalue weighted by molar-refractivity contribution is 5.95. The van der Waals surface area contributed by atoms with Crippen LogP contribution >= 0.6 is 0 Å². The van der Waals surface area contributed by atoms with Gasteiger partial charge in [0.2, 0.25) is 5.91 Å². The Kier molecular flexibility index (Phi) is 8.79. The number of likely N-dealkylation sites (N-methyl/N-ethyl adjacent to an activating group) is 1. The maximum absolute atomic E-state index is 12.0. The molecule has 0 saturated carbocycles. The fourth-order valence-corrected chi connectivity index (χ4v) is 4.48. The third kappa shape index (κ3) is 5.63. The zero-order valence-electron chi connectivity index (χ0n) is 20.5. The number of carbonyl (C=O) groups is 1. The number of rotatable bonds is 12. The first kappa shape index (κ1) is 25.4. The fourth-order valence-electron chi connectivity index (χ4n) is 4.48. The van der Waals surface area contributed by atoms with Crippen LogP contribution in [0.5, 0.6) is 11.5 Å². The number of aliphatic hydroxyl groups is 1. The van der Waals surface area contributed by atoms with Gasteiger partial charge >= 0.3 is 0 Å². The van der Waals surface area contributed by atoms with Gasteiger partial charge in [-0.3, -0.25) is 4.79 Å². The molecule has 0 saturated heterocycles. The summed E-state index contributed by atoms with van der Waals surface area (Å²) in [5.41, 5.74) is 9.03. The third-order valence-corrected chi connectivity index (χ3v) is 6.06. The van der Waals surface area contributed by atoms with Crippen LogP contribution in [0.1, 0.15) is 25.0 Å². The van der Waals surface area contributed by atoms with Crippen LogP contribution in [0.15, 0.2) is 48.5 Å². The van der Waals surface area contributed by atoms with E-state index in [0.717, 1.165) is 35.6 Å². The second kappa shape index (κ2) is 11.8. The molecule has 1 aliphatic heterocycles. The van der Waals surface area contributed by atoms with E-state index < -0.39 is 12.0 Å². The number of aliphatic hydroxyl groups excluding tert-OH is 1. The third-order valence-electron chi connectivity index (χ3n) is 6.06. The number of hydrogen-bond donors (Lipinski definition) is 2. The van der Waals surface area contributed by atoms with Crippen molar-refractivity contribution < 1.29 is 19.4 Å². The Morgan fingerprint density at radius 2 is 1.47 bits per heavy atom. The number of nitrogens with two attached hydrogens (primary N) is 1. The lowest BCUT2D eigenvalue weighted by molar-refractivity contribution is -0.118. The standard InChI is InChI=1S/C26H36N4O4/c1-5-28(6-2)15-19(31)16-29-18-30(17-24(27)32)26(21-12-8-10-14-23(21)34-4)25(29)20-11-7-9-13-22(20)33-3/h7-14,19,31H,5-6,15-18H2,1-4H3,(H2,27,32). The van der Waals surface area contributed by atoms with E-state index in [1.54, 1.807) is 14.2 Å². The van der Waals surface area contributed by atoms with Gasteiger partial charge in [0.05, 0.1) is 44.9 Å². The molecule has 0 fully saturated rings. The lowest BCUT2D eigenvalue weighted by Gasteiger charge is -2.29. The molecule has 8 heteroatoms. The van der Waals surface area contributed by atoms with Gasteiger partial charge in [-0.2, -0.15) is 0 Å². The monoisotopic (exact) mass is 468 g/mol. The molecule has 1 heterocycles. The largest absolute Gasteiger partial charge is 0.496 e. The zero-order chi connectivity index (χ0) is 24.7. The second-order valence-corrected chi connectivity index (χ2v) is 8.27. The minimum Gasteiger partial charge on any atom is -0.496 e. The maximum Gasteiger partial charge on any atom is 0.237 e. The van der Waals surface area contributed by atoms with Crippen molar-refractivity contribution in [3.8, 4) is 11.5 Å². The lowest BCUT2D eigenvalue weighted by Crippen LogP contribution is -2.41. The van der Waals surface area contributed by atoms with Gasteiger partial charge in [-0.05, 0) is 37.4 Å². The molecule has 2 aromatic rings. The lowest BCUT2D eigenvalue weighted by atomic mass is 10.0. The van der Waals surface area contributed by atoms with E-state index in [4.69, 9.17) is 15.2 Å². The summed E-state index contributed by atoms with van der Waals surface area (Å²) in [6.45, 7) is 7.28. The van der Waals surface area contributed by atoms with Gasteiger partial charge in [0.25, 0.3) is 0 Å². The van der Waals surface area contributed by atoms with Crippen LogP contribution < -0.4 is 15.2 Å². The molecule has 1 aliphatic rings. The average molecular weight is 469 g/mol. The van der Waals surface area contributed by atoms with Crippen molar-refractivity contribution >= 4 is 17.3 Å². The van der Waals surface area contributed by atoms with Crippen molar-refractivity contribution in [2.24, 2.45) is 5.73 Å². The Morgan fingerprint density at radius 3 is 1.94 bits per heavy atom. The first-order chi connectivity index (χ1) is 16.4. The van der Waals surface area contributed by atoms with Gasteiger partial charge in [-0.15, -0.1) is 0 Å². The van der Waals surface area contributed by atoms with Crippen LogP contribution in [-0.2, 0) is 4.79 Å². The number of nitrogens with zero attached hydrogens (tertiary/aromatic N) is 3. The van der Waals surface area contributed by atoms with Crippen molar-refractivity contribution in [3.05, 3.63) is 59.7 Å². The molecule has 34 heavy (non-hydrogen) atoms. The number of methoxy groups -OCH3 is 2. The summed E-state index contributed by atoms with van der Waals surface area (Å²) < 4.78 is 11.4. The highest BCUT2D eigenvalue weighted by Crippen LogP contribution is 2.43. The molecule has 3 N–H and O–H groups in total. The molecule has 1 amide bonds. The topological polar surface area (TPSA) is 91.5 Å². The van der Waals surface area contributed by atoms with Crippen molar-refractivity contribution in [2.75, 3.05) is 53.6 Å². The SMILES string of the molecule is CCN(CC)CC(O)CN1CN(CC(N)=O)C(c2ccccc2OC)=C1c1ccccc1OC. The number of amides is 1. The van der Waals surface area contributed by atoms with Gasteiger partial charge in [0.1, 0.15) is 11.5 Å². The van der Waals surface area contributed by atoms with E-state index in [0.29, 0.717) is 31.3 Å². The molecule has 3 rings (SSSR count). The molecule has 0 bridgehead atoms. The van der Waals surface area contributed by atoms with Crippen LogP contribution in [0, 0.1) is 0 Å². The summed E-state index contributed by atoms with van der Waals surface area (Å²) in [6, 6.07) is 15.5. The van der Waals surface area contributed by atoms with Crippen LogP contribution in [0.4, 0.5) is 0 Å². The summed E-state index contributed by atoms with van der Waals surface area (Å²) in [7, 11) is 3.26. The van der Waals surface area contributed by atoms with E-state index in [-0.39, 0.29) is 6.54 Å². The summed E-state index contributed by atoms with van der Waals surface area (Å²) in [5.74, 6) is 0.955. The number of ether oxygens (including phenoxy) is 2. The minimum atomic E-state index is -0.586. The first-order valence-electron chi connectivity index (χ1n) is 11.6. The van der Waals surface area contributed by atoms with Crippen LogP contribution in [0.2, 0.25) is 0 Å². The van der Waals surface area contributed by atoms with Gasteiger partial charge in [0.15, 0.2) is 0 Å². The van der Waals surface area contributed by atoms with E-state index in [2.05, 4.69) is 23.6 Å². The summed E-state index contributed by atoms with van der Waals surface area (Å²) in [4.78, 5) is 18.3. The quantitative estimate of drug-likeness (QED) is 0.494. The van der Waals surface area contributed by atoms with Crippen molar-refractivity contribution in [2.45, 2.75) is 20.0 Å². The molecule has 1 unspecified atom stereocenters. The van der Waals surface area contributed by atoms with Gasteiger partial charge in [0, 0.05) is 24.2 Å². The number of primary amides is 1. The number of carbonyl (C=O) groups excluding carboxylic acids is 1. The molecule has 0 radical (unpaired) electrons. The molecule has 0 spiro atoms. The Bertz CT molecular complexity index is 1010. The average Bonchev–Trinajstić information content (AvgIpc) is 3.18. The number of para-hydroxylation sites is 2. The Morgan fingerprint density at radius 1 is 0.971 bits per heavy atom. The van der Waals surface area contributed by atoms with Crippen LogP contribution in [0.3, 0.4) is 0 Å². The maximum atomic E-state index is 12.0. The highest BCUT2D eigenvalue weighted by atomic mass is 16.5. The Labute approximate surface area is 202 Å². The molecule has 184 valence electrons. The summed E-state index contributed by atoms with van der Waals surface area (Å²) >= 11 is 0. The summed E-state index contributed by atoms with van der Waals surface area (Å²) in [5, 5.41) is 11.0. The fraction of sp³-hybridized carbons (Fsp3) is 0.423. The van der Waals surface area contributed by atoms with E-state index >= 15 is 0 Å². The molecule has 8 nitrogen and oxygen atoms in total. The van der Waals surface area contributed by atoms with Gasteiger partial charge in [-0.25, -0.2) is 0 Å². The first-order valence-corrected chi connectivity index (χ1v) is 11.6. The van der Waals surface area contributed by atoms with Crippen molar-refractivity contribution in [1.29, 1.82) is 0 Å². The Balaban J connectivity index is 2.17. The smallest absolute Gasteiger partial charge is 0.237 e. The molecular weight excluding hydrogens is 432 g/mol. The molecule has 1 atom stereocenters. The minimum absolute atomic E-state index is 0.0364. The van der Waals surface area contributed by atoms with E-state index in [1.807, 2.05) is 53.4 Å². The summed E-state index contributed by atoms with van der Waals surface area (Å²) in [6.07, 6.45) is -0.586. The zero-order valence-corrected chi connectivity index (χ0v) is 20.5. The van der Waals surface area contributed by atoms with Crippen LogP contribution in [-0.4, -0.2) is 85.4 Å². The number of hydrogen-bond acceptors (Lipinski definition) is 7. The normalized spacial score (nSPS) is 14.6. The molecular formula is C26H36N4O4. The van der Waals surface area contributed by atoms with Gasteiger partial charge in [-0.1, -0.05) is 38.1 Å². The predicted molar refractivity (Wildman–Crippen MR) is 134 cm³/mol. The van der Waals surface area contributed by atoms with Crippen molar-refractivity contribution in [1.82, 2.24) is 14.7 Å². The highest BCUT2D eigenvalue weighted by Gasteiger charge is 2.35. The number of benzene rings is 2. The second-order valence-electron chi connectivity index (χ2n) is 8.27.